The van der Waals surface area contributed by atoms with Gasteiger partial charge in [0.1, 0.15) is 0 Å². The molecular weight excluding hydrogens is 142 g/mol. The maximum absolute atomic E-state index is 10.7. The first-order valence-electron chi connectivity index (χ1n) is 3.60. The van der Waals surface area contributed by atoms with Crippen LogP contribution in [0.5, 0.6) is 0 Å². The van der Waals surface area contributed by atoms with E-state index < -0.39 is 5.97 Å². The van der Waals surface area contributed by atoms with E-state index in [1.165, 1.54) is 5.06 Å². The number of nitrogens with zero attached hydrogens (tertiary/aromatic N) is 1. The Morgan fingerprint density at radius 2 is 2.55 bits per heavy atom. The smallest absolute Gasteiger partial charge is 0.337 e. The maximum Gasteiger partial charge on any atom is 0.355 e. The van der Waals surface area contributed by atoms with Crippen LogP contribution in [0.3, 0.4) is 0 Å². The van der Waals surface area contributed by atoms with Gasteiger partial charge in [-0.1, -0.05) is 12.7 Å². The fourth-order valence-corrected chi connectivity index (χ4v) is 0.861. The summed E-state index contributed by atoms with van der Waals surface area (Å²) in [6.07, 6.45) is 6.98. The molecule has 1 heterocycles. The molecule has 0 amide bonds. The quantitative estimate of drug-likeness (QED) is 0.559. The first kappa shape index (κ1) is 7.85. The fourth-order valence-electron chi connectivity index (χ4n) is 0.861. The molecule has 0 saturated carbocycles. The van der Waals surface area contributed by atoms with Crippen molar-refractivity contribution in [3.8, 4) is 0 Å². The maximum atomic E-state index is 10.7. The zero-order chi connectivity index (χ0) is 8.10. The molecule has 0 fully saturated rings. The largest absolute Gasteiger partial charge is 0.355 e. The second kappa shape index (κ2) is 3.81. The number of rotatable bonds is 2. The van der Waals surface area contributed by atoms with Crippen molar-refractivity contribution >= 4 is 5.97 Å². The Kier molecular flexibility index (Phi) is 2.72. The van der Waals surface area contributed by atoms with Gasteiger partial charge in [-0.25, -0.2) is 9.86 Å². The first-order chi connectivity index (χ1) is 5.33. The summed E-state index contributed by atoms with van der Waals surface area (Å²) in [5.74, 6) is -0.406. The van der Waals surface area contributed by atoms with Crippen molar-refractivity contribution < 1.29 is 9.63 Å². The summed E-state index contributed by atoms with van der Waals surface area (Å²) in [5, 5.41) is 1.52. The lowest BCUT2D eigenvalue weighted by atomic mass is 10.2. The van der Waals surface area contributed by atoms with Gasteiger partial charge in [-0.3, -0.25) is 0 Å². The average Bonchev–Trinajstić information content (AvgIpc) is 2.06. The van der Waals surface area contributed by atoms with Gasteiger partial charge in [0.05, 0.1) is 6.54 Å². The molecule has 0 atom stereocenters. The molecule has 0 unspecified atom stereocenters. The van der Waals surface area contributed by atoms with Gasteiger partial charge in [0, 0.05) is 12.3 Å². The molecule has 3 nitrogen and oxygen atoms in total. The van der Waals surface area contributed by atoms with E-state index in [2.05, 4.69) is 6.58 Å². The SMILES string of the molecule is C=CC(=O)ON1C=CCCC1. The molecule has 0 N–H and O–H groups in total. The Bertz CT molecular complexity index is 187. The Balaban J connectivity index is 2.35. The molecule has 60 valence electrons. The zero-order valence-corrected chi connectivity index (χ0v) is 6.32. The molecule has 11 heavy (non-hydrogen) atoms. The second-order valence-electron chi connectivity index (χ2n) is 2.28. The van der Waals surface area contributed by atoms with Crippen LogP contribution < -0.4 is 0 Å². The molecule has 1 aliphatic heterocycles. The number of carbonyl (C=O) groups is 1. The van der Waals surface area contributed by atoms with Crippen molar-refractivity contribution in [1.29, 1.82) is 0 Å². The topological polar surface area (TPSA) is 29.5 Å². The van der Waals surface area contributed by atoms with Crippen molar-refractivity contribution in [2.24, 2.45) is 0 Å². The molecule has 0 aliphatic carbocycles. The van der Waals surface area contributed by atoms with E-state index in [1.54, 1.807) is 6.20 Å². The molecule has 1 rings (SSSR count). The summed E-state index contributed by atoms with van der Waals surface area (Å²) in [6, 6.07) is 0. The van der Waals surface area contributed by atoms with E-state index in [0.29, 0.717) is 0 Å². The van der Waals surface area contributed by atoms with Crippen molar-refractivity contribution in [2.45, 2.75) is 12.8 Å². The van der Waals surface area contributed by atoms with Crippen LogP contribution in [0.25, 0.3) is 0 Å². The van der Waals surface area contributed by atoms with Crippen LogP contribution in [0.2, 0.25) is 0 Å². The zero-order valence-electron chi connectivity index (χ0n) is 6.32. The monoisotopic (exact) mass is 153 g/mol. The molecule has 0 aromatic rings. The van der Waals surface area contributed by atoms with Crippen molar-refractivity contribution in [2.75, 3.05) is 6.54 Å². The Morgan fingerprint density at radius 3 is 3.09 bits per heavy atom. The molecular formula is C8H11NO2. The van der Waals surface area contributed by atoms with Crippen molar-refractivity contribution in [3.05, 3.63) is 24.9 Å². The van der Waals surface area contributed by atoms with Crippen LogP contribution in [-0.4, -0.2) is 17.6 Å². The van der Waals surface area contributed by atoms with Gasteiger partial charge in [0.25, 0.3) is 0 Å². The van der Waals surface area contributed by atoms with E-state index in [4.69, 9.17) is 4.84 Å². The third-order valence-corrected chi connectivity index (χ3v) is 1.39. The third kappa shape index (κ3) is 2.45. The van der Waals surface area contributed by atoms with Gasteiger partial charge in [-0.05, 0) is 12.8 Å². The van der Waals surface area contributed by atoms with E-state index in [-0.39, 0.29) is 0 Å². The van der Waals surface area contributed by atoms with Gasteiger partial charge in [0.15, 0.2) is 0 Å². The van der Waals surface area contributed by atoms with Gasteiger partial charge < -0.3 is 4.84 Å². The van der Waals surface area contributed by atoms with E-state index >= 15 is 0 Å². The Labute approximate surface area is 65.9 Å². The summed E-state index contributed by atoms with van der Waals surface area (Å²) >= 11 is 0. The van der Waals surface area contributed by atoms with E-state index in [9.17, 15) is 4.79 Å². The molecule has 0 aromatic heterocycles. The lowest BCUT2D eigenvalue weighted by Crippen LogP contribution is -2.24. The molecule has 1 aliphatic rings. The highest BCUT2D eigenvalue weighted by atomic mass is 16.7. The minimum atomic E-state index is -0.406. The fraction of sp³-hybridized carbons (Fsp3) is 0.375. The Morgan fingerprint density at radius 1 is 1.73 bits per heavy atom. The number of hydrogen-bond acceptors (Lipinski definition) is 3. The van der Waals surface area contributed by atoms with Crippen molar-refractivity contribution in [3.63, 3.8) is 0 Å². The van der Waals surface area contributed by atoms with Crippen LogP contribution in [0.1, 0.15) is 12.8 Å². The van der Waals surface area contributed by atoms with Gasteiger partial charge in [-0.15, -0.1) is 0 Å². The minimum absolute atomic E-state index is 0.406. The lowest BCUT2D eigenvalue weighted by Gasteiger charge is -2.20. The summed E-state index contributed by atoms with van der Waals surface area (Å²) in [4.78, 5) is 15.5. The highest BCUT2D eigenvalue weighted by molar-refractivity contribution is 5.80. The number of hydrogen-bond donors (Lipinski definition) is 0. The van der Waals surface area contributed by atoms with Crippen LogP contribution in [-0.2, 0) is 9.63 Å². The van der Waals surface area contributed by atoms with Gasteiger partial charge in [-0.2, -0.15) is 0 Å². The number of carbonyl (C=O) groups excluding carboxylic acids is 1. The minimum Gasteiger partial charge on any atom is -0.337 e. The normalized spacial score (nSPS) is 16.2. The van der Waals surface area contributed by atoms with Crippen LogP contribution in [0, 0.1) is 0 Å². The number of allylic oxidation sites excluding steroid dienone is 1. The van der Waals surface area contributed by atoms with Crippen molar-refractivity contribution in [1.82, 2.24) is 5.06 Å². The summed E-state index contributed by atoms with van der Waals surface area (Å²) in [6.45, 7) is 4.07. The van der Waals surface area contributed by atoms with E-state index in [0.717, 1.165) is 25.5 Å². The molecule has 0 aromatic carbocycles. The number of hydroxylamine groups is 2. The Hall–Kier alpha value is -1.25. The predicted octanol–water partition coefficient (Wildman–Crippen LogP) is 1.24. The van der Waals surface area contributed by atoms with Crippen LogP contribution >= 0.6 is 0 Å². The highest BCUT2D eigenvalue weighted by Crippen LogP contribution is 2.05. The highest BCUT2D eigenvalue weighted by Gasteiger charge is 2.06. The van der Waals surface area contributed by atoms with Gasteiger partial charge >= 0.3 is 5.97 Å². The summed E-state index contributed by atoms with van der Waals surface area (Å²) < 4.78 is 0. The molecule has 0 radical (unpaired) electrons. The van der Waals surface area contributed by atoms with Gasteiger partial charge in [0.2, 0.25) is 0 Å². The van der Waals surface area contributed by atoms with Crippen LogP contribution in [0.4, 0.5) is 0 Å². The standard InChI is InChI=1S/C8H11NO2/c1-2-8(10)11-9-6-4-3-5-7-9/h2,4,6H,1,3,5,7H2. The summed E-state index contributed by atoms with van der Waals surface area (Å²) in [5.41, 5.74) is 0. The lowest BCUT2D eigenvalue weighted by molar-refractivity contribution is -0.172. The first-order valence-corrected chi connectivity index (χ1v) is 3.60. The average molecular weight is 153 g/mol. The molecule has 3 heteroatoms. The van der Waals surface area contributed by atoms with E-state index in [1.807, 2.05) is 6.08 Å². The second-order valence-corrected chi connectivity index (χ2v) is 2.28. The molecule has 0 saturated heterocycles. The third-order valence-electron chi connectivity index (χ3n) is 1.39. The summed E-state index contributed by atoms with van der Waals surface area (Å²) in [7, 11) is 0. The van der Waals surface area contributed by atoms with Crippen LogP contribution in [0.15, 0.2) is 24.9 Å². The molecule has 0 bridgehead atoms. The molecule has 0 spiro atoms. The predicted molar refractivity (Wildman–Crippen MR) is 41.4 cm³/mol.